The highest BCUT2D eigenvalue weighted by atomic mass is 32.2. The average Bonchev–Trinajstić information content (AvgIpc) is 2.96. The van der Waals surface area contributed by atoms with E-state index in [4.69, 9.17) is 0 Å². The van der Waals surface area contributed by atoms with Crippen LogP contribution in [0.25, 0.3) is 0 Å². The van der Waals surface area contributed by atoms with E-state index in [2.05, 4.69) is 18.7 Å². The Bertz CT molecular complexity index is 882. The minimum atomic E-state index is -3.29. The minimum Gasteiger partial charge on any atom is -0.350 e. The summed E-state index contributed by atoms with van der Waals surface area (Å²) in [6.45, 7) is 5.53. The number of ketones is 1. The number of hydrogen-bond acceptors (Lipinski definition) is 4. The molecule has 2 heterocycles. The summed E-state index contributed by atoms with van der Waals surface area (Å²) in [5.41, 5.74) is 1.76. The second kappa shape index (κ2) is 8.45. The van der Waals surface area contributed by atoms with E-state index in [0.717, 1.165) is 12.1 Å². The van der Waals surface area contributed by atoms with E-state index in [0.29, 0.717) is 12.1 Å². The minimum absolute atomic E-state index is 0.0372. The summed E-state index contributed by atoms with van der Waals surface area (Å²) in [7, 11) is -3.29. The molecule has 2 aliphatic rings. The molecule has 2 atom stereocenters. The molecule has 0 N–H and O–H groups in total. The van der Waals surface area contributed by atoms with Gasteiger partial charge in [-0.2, -0.15) is 0 Å². The highest BCUT2D eigenvalue weighted by Crippen LogP contribution is 2.33. The van der Waals surface area contributed by atoms with Gasteiger partial charge in [0.05, 0.1) is 6.26 Å². The second-order valence-corrected chi connectivity index (χ2v) is 9.88. The molecule has 6 heteroatoms. The fourth-order valence-corrected chi connectivity index (χ4v) is 4.69. The third kappa shape index (κ3) is 4.80. The van der Waals surface area contributed by atoms with Crippen LogP contribution in [0.2, 0.25) is 0 Å². The van der Waals surface area contributed by atoms with Crippen LogP contribution in [0.5, 0.6) is 0 Å². The zero-order chi connectivity index (χ0) is 20.3. The van der Waals surface area contributed by atoms with Gasteiger partial charge in [0.15, 0.2) is 5.78 Å². The molecule has 0 amide bonds. The van der Waals surface area contributed by atoms with Crippen LogP contribution in [-0.4, -0.2) is 42.8 Å². The molecule has 2 aliphatic heterocycles. The fraction of sp³-hybridized carbons (Fsp3) is 0.409. The molecule has 3 rings (SSSR count). The van der Waals surface area contributed by atoms with Crippen molar-refractivity contribution in [3.05, 3.63) is 72.1 Å². The van der Waals surface area contributed by atoms with E-state index >= 15 is 0 Å². The van der Waals surface area contributed by atoms with Gasteiger partial charge in [0.25, 0.3) is 0 Å². The number of carbonyl (C=O) groups excluding carboxylic acids is 1. The molecule has 0 bridgehead atoms. The average molecular weight is 401 g/mol. The molecule has 0 aromatic heterocycles. The summed E-state index contributed by atoms with van der Waals surface area (Å²) in [6.07, 6.45) is 13.1. The normalized spacial score (nSPS) is 22.8. The van der Waals surface area contributed by atoms with Gasteiger partial charge in [-0.05, 0) is 29.6 Å². The van der Waals surface area contributed by atoms with Crippen molar-refractivity contribution in [3.8, 4) is 0 Å². The van der Waals surface area contributed by atoms with Gasteiger partial charge in [-0.15, -0.1) is 0 Å². The van der Waals surface area contributed by atoms with Crippen molar-refractivity contribution >= 4 is 15.8 Å². The lowest BCUT2D eigenvalue weighted by Gasteiger charge is -2.21. The quantitative estimate of drug-likeness (QED) is 0.687. The molecule has 0 spiro atoms. The van der Waals surface area contributed by atoms with Gasteiger partial charge in [0, 0.05) is 43.5 Å². The molecule has 1 saturated heterocycles. The first-order valence-electron chi connectivity index (χ1n) is 9.61. The van der Waals surface area contributed by atoms with Crippen LogP contribution in [0, 0.1) is 17.8 Å². The summed E-state index contributed by atoms with van der Waals surface area (Å²) < 4.78 is 25.4. The Morgan fingerprint density at radius 2 is 1.64 bits per heavy atom. The first-order valence-corrected chi connectivity index (χ1v) is 11.5. The summed E-state index contributed by atoms with van der Waals surface area (Å²) in [4.78, 5) is 15.2. The summed E-state index contributed by atoms with van der Waals surface area (Å²) in [5.74, 6) is 0.0373. The predicted octanol–water partition coefficient (Wildman–Crippen LogP) is 3.43. The highest BCUT2D eigenvalue weighted by Gasteiger charge is 2.42. The van der Waals surface area contributed by atoms with Crippen molar-refractivity contribution in [1.82, 2.24) is 9.21 Å². The van der Waals surface area contributed by atoms with Gasteiger partial charge in [-0.25, -0.2) is 12.7 Å². The van der Waals surface area contributed by atoms with E-state index in [1.54, 1.807) is 0 Å². The lowest BCUT2D eigenvalue weighted by atomic mass is 9.81. The molecule has 1 unspecified atom stereocenters. The predicted molar refractivity (Wildman–Crippen MR) is 112 cm³/mol. The van der Waals surface area contributed by atoms with Crippen LogP contribution in [0.3, 0.4) is 0 Å². The molecule has 150 valence electrons. The maximum atomic E-state index is 13.1. The van der Waals surface area contributed by atoms with E-state index in [-0.39, 0.29) is 30.1 Å². The maximum Gasteiger partial charge on any atom is 0.211 e. The van der Waals surface area contributed by atoms with Crippen molar-refractivity contribution in [1.29, 1.82) is 0 Å². The first-order chi connectivity index (χ1) is 13.3. The third-order valence-electron chi connectivity index (χ3n) is 5.49. The molecule has 0 aliphatic carbocycles. The standard InChI is InChI=1S/C22H28N2O3S/c1-17(2)20-15-24(28(3,26)27)16-21(20)22(25)19-10-8-18(9-11-19)14-23-12-6-4-5-7-13-23/h4-13,17,20-21H,14-16H2,1-3H3/t20-,21?/m1/s1. The van der Waals surface area contributed by atoms with Crippen LogP contribution in [-0.2, 0) is 16.6 Å². The lowest BCUT2D eigenvalue weighted by molar-refractivity contribution is 0.0883. The number of rotatable bonds is 6. The van der Waals surface area contributed by atoms with Crippen LogP contribution in [0.1, 0.15) is 29.8 Å². The van der Waals surface area contributed by atoms with Crippen molar-refractivity contribution in [2.75, 3.05) is 19.3 Å². The van der Waals surface area contributed by atoms with Gasteiger partial charge >= 0.3 is 0 Å². The van der Waals surface area contributed by atoms with Crippen molar-refractivity contribution in [3.63, 3.8) is 0 Å². The molecule has 1 aromatic rings. The fourth-order valence-electron chi connectivity index (χ4n) is 3.82. The molecule has 28 heavy (non-hydrogen) atoms. The van der Waals surface area contributed by atoms with Gasteiger partial charge < -0.3 is 4.90 Å². The lowest BCUT2D eigenvalue weighted by Crippen LogP contribution is -2.28. The zero-order valence-corrected chi connectivity index (χ0v) is 17.5. The third-order valence-corrected chi connectivity index (χ3v) is 6.72. The Hall–Kier alpha value is -2.18. The SMILES string of the molecule is CC(C)[C@H]1CN(S(C)(=O)=O)CC1C(=O)c1ccc(CN2C=CC=CC=C2)cc1. The number of sulfonamides is 1. The number of benzene rings is 1. The Kier molecular flexibility index (Phi) is 6.20. The second-order valence-electron chi connectivity index (χ2n) is 7.90. The number of carbonyl (C=O) groups is 1. The Morgan fingerprint density at radius 3 is 2.18 bits per heavy atom. The van der Waals surface area contributed by atoms with Crippen LogP contribution in [0.15, 0.2) is 61.0 Å². The van der Waals surface area contributed by atoms with Gasteiger partial charge in [-0.1, -0.05) is 50.3 Å². The van der Waals surface area contributed by atoms with Crippen LogP contribution >= 0.6 is 0 Å². The largest absolute Gasteiger partial charge is 0.350 e. The maximum absolute atomic E-state index is 13.1. The van der Waals surface area contributed by atoms with E-state index in [1.807, 2.05) is 61.0 Å². The summed E-state index contributed by atoms with van der Waals surface area (Å²) >= 11 is 0. The number of allylic oxidation sites excluding steroid dienone is 4. The monoisotopic (exact) mass is 400 g/mol. The smallest absolute Gasteiger partial charge is 0.211 e. The van der Waals surface area contributed by atoms with Crippen LogP contribution in [0.4, 0.5) is 0 Å². The number of Topliss-reactive ketones (excluding diaryl/α,β-unsaturated/α-hetero) is 1. The molecular formula is C22H28N2O3S. The topological polar surface area (TPSA) is 57.7 Å². The number of hydrogen-bond donors (Lipinski definition) is 0. The molecular weight excluding hydrogens is 372 g/mol. The number of nitrogens with zero attached hydrogens (tertiary/aromatic N) is 2. The van der Waals surface area contributed by atoms with Gasteiger partial charge in [0.2, 0.25) is 10.0 Å². The van der Waals surface area contributed by atoms with Crippen LogP contribution < -0.4 is 0 Å². The van der Waals surface area contributed by atoms with E-state index in [1.165, 1.54) is 10.6 Å². The molecule has 1 aromatic carbocycles. The Labute approximate surface area is 168 Å². The molecule has 0 saturated carbocycles. The van der Waals surface area contributed by atoms with Crippen molar-refractivity contribution in [2.24, 2.45) is 17.8 Å². The van der Waals surface area contributed by atoms with E-state index < -0.39 is 10.0 Å². The van der Waals surface area contributed by atoms with Gasteiger partial charge in [-0.3, -0.25) is 4.79 Å². The zero-order valence-electron chi connectivity index (χ0n) is 16.7. The highest BCUT2D eigenvalue weighted by molar-refractivity contribution is 7.88. The Balaban J connectivity index is 1.73. The summed E-state index contributed by atoms with van der Waals surface area (Å²) in [5, 5.41) is 0. The molecule has 1 fully saturated rings. The van der Waals surface area contributed by atoms with Crippen molar-refractivity contribution in [2.45, 2.75) is 20.4 Å². The van der Waals surface area contributed by atoms with Crippen molar-refractivity contribution < 1.29 is 13.2 Å². The van der Waals surface area contributed by atoms with Gasteiger partial charge in [0.1, 0.15) is 0 Å². The Morgan fingerprint density at radius 1 is 1.04 bits per heavy atom. The first kappa shape index (κ1) is 20.6. The molecule has 5 nitrogen and oxygen atoms in total. The van der Waals surface area contributed by atoms with E-state index in [9.17, 15) is 13.2 Å². The summed E-state index contributed by atoms with van der Waals surface area (Å²) in [6, 6.07) is 7.67. The molecule has 0 radical (unpaired) electrons.